The number of hydrogen-bond acceptors (Lipinski definition) is 7. The van der Waals surface area contributed by atoms with Crippen LogP contribution in [0.5, 0.6) is 5.75 Å². The number of nitrogens with zero attached hydrogens (tertiary/aromatic N) is 4. The second-order valence-electron chi connectivity index (χ2n) is 8.84. The van der Waals surface area contributed by atoms with Gasteiger partial charge in [0.15, 0.2) is 17.1 Å². The van der Waals surface area contributed by atoms with Gasteiger partial charge in [-0.3, -0.25) is 9.59 Å². The minimum absolute atomic E-state index is 0.406. The van der Waals surface area contributed by atoms with E-state index in [0.29, 0.717) is 29.2 Å². The van der Waals surface area contributed by atoms with Crippen molar-refractivity contribution in [3.05, 3.63) is 74.2 Å². The summed E-state index contributed by atoms with van der Waals surface area (Å²) in [6, 6.07) is 1.52. The van der Waals surface area contributed by atoms with Crippen molar-refractivity contribution in [1.82, 2.24) is 24.7 Å². The van der Waals surface area contributed by atoms with E-state index in [-0.39, 0.29) is 0 Å². The van der Waals surface area contributed by atoms with Gasteiger partial charge in [-0.15, -0.1) is 0 Å². The first kappa shape index (κ1) is 29.4. The number of rotatable bonds is 8. The van der Waals surface area contributed by atoms with Crippen LogP contribution in [0, 0.1) is 11.6 Å². The molecular formula is C24H18F8N6O3. The quantitative estimate of drug-likeness (QED) is 0.288. The molecule has 0 aliphatic heterocycles. The van der Waals surface area contributed by atoms with Gasteiger partial charge in [-0.2, -0.15) is 18.3 Å². The van der Waals surface area contributed by atoms with Crippen LogP contribution in [-0.2, 0) is 12.7 Å². The number of pyridine rings is 1. The van der Waals surface area contributed by atoms with Gasteiger partial charge < -0.3 is 15.0 Å². The van der Waals surface area contributed by atoms with Gasteiger partial charge in [-0.05, 0) is 19.1 Å². The van der Waals surface area contributed by atoms with Crippen molar-refractivity contribution < 1.29 is 39.9 Å². The highest BCUT2D eigenvalue weighted by Gasteiger charge is 2.38. The number of halogens is 8. The molecule has 0 bridgehead atoms. The Labute approximate surface area is 223 Å². The monoisotopic (exact) mass is 590 g/mol. The molecule has 17 heteroatoms. The molecule has 3 heterocycles. The summed E-state index contributed by atoms with van der Waals surface area (Å²) in [6.45, 7) is 0.425. The molecule has 0 spiro atoms. The molecule has 41 heavy (non-hydrogen) atoms. The Kier molecular flexibility index (Phi) is 7.98. The van der Waals surface area contributed by atoms with Crippen LogP contribution in [0.25, 0.3) is 22.2 Å². The van der Waals surface area contributed by atoms with E-state index < -0.39 is 105 Å². The van der Waals surface area contributed by atoms with Gasteiger partial charge in [0.05, 0.1) is 35.4 Å². The topological polar surface area (TPSA) is 129 Å². The zero-order valence-corrected chi connectivity index (χ0v) is 20.6. The SMILES string of the molecule is C[C@H](C[C@H](F)Cn1cc(F)c2cc(-c3ncc(C(F)F)c(N)n3)c(F)cc2c1=O)Oc1cn[nH]c(=O)c1C(F)(F)F. The number of aromatic nitrogens is 5. The highest BCUT2D eigenvalue weighted by atomic mass is 19.4. The van der Waals surface area contributed by atoms with E-state index in [2.05, 4.69) is 15.1 Å². The van der Waals surface area contributed by atoms with Gasteiger partial charge in [-0.25, -0.2) is 37.0 Å². The zero-order valence-electron chi connectivity index (χ0n) is 20.6. The molecule has 0 radical (unpaired) electrons. The number of hydrogen-bond donors (Lipinski definition) is 2. The predicted molar refractivity (Wildman–Crippen MR) is 128 cm³/mol. The van der Waals surface area contributed by atoms with Crippen molar-refractivity contribution in [3.63, 3.8) is 0 Å². The molecular weight excluding hydrogens is 572 g/mol. The molecule has 0 fully saturated rings. The molecule has 0 amide bonds. The smallest absolute Gasteiger partial charge is 0.425 e. The predicted octanol–water partition coefficient (Wildman–Crippen LogP) is 4.55. The highest BCUT2D eigenvalue weighted by Crippen LogP contribution is 2.33. The normalized spacial score (nSPS) is 13.5. The average molecular weight is 590 g/mol. The number of H-pyrrole nitrogens is 1. The van der Waals surface area contributed by atoms with Crippen LogP contribution in [0.15, 0.2) is 40.3 Å². The van der Waals surface area contributed by atoms with Crippen LogP contribution in [0.1, 0.15) is 30.9 Å². The van der Waals surface area contributed by atoms with Gasteiger partial charge in [0.25, 0.3) is 17.5 Å². The first-order chi connectivity index (χ1) is 19.2. The average Bonchev–Trinajstić information content (AvgIpc) is 2.85. The van der Waals surface area contributed by atoms with E-state index in [4.69, 9.17) is 10.5 Å². The lowest BCUT2D eigenvalue weighted by molar-refractivity contribution is -0.140. The number of ether oxygens (including phenoxy) is 1. The van der Waals surface area contributed by atoms with Crippen molar-refractivity contribution in [2.75, 3.05) is 5.73 Å². The van der Waals surface area contributed by atoms with Crippen LogP contribution < -0.4 is 21.6 Å². The number of alkyl halides is 6. The van der Waals surface area contributed by atoms with Crippen LogP contribution >= 0.6 is 0 Å². The zero-order chi connectivity index (χ0) is 30.2. The van der Waals surface area contributed by atoms with E-state index in [1.54, 1.807) is 5.10 Å². The van der Waals surface area contributed by atoms with E-state index in [0.717, 1.165) is 6.07 Å². The molecule has 3 N–H and O–H groups in total. The van der Waals surface area contributed by atoms with Gasteiger partial charge in [0, 0.05) is 24.2 Å². The standard InChI is InChI=1S/C24H18F8N6O3/c1-9(41-17-6-35-37-22(39)18(17)24(30,31)32)2-10(25)7-38-8-16(27)11-3-13(15(26)4-12(11)23(38)40)21-34-5-14(19(28)29)20(33)36-21/h3-6,8-10,19H,2,7H2,1H3,(H,37,39)(H2,33,34,36)/t9-,10+/m1/s1. The second kappa shape index (κ2) is 11.1. The summed E-state index contributed by atoms with van der Waals surface area (Å²) >= 11 is 0. The lowest BCUT2D eigenvalue weighted by Gasteiger charge is -2.19. The fourth-order valence-corrected chi connectivity index (χ4v) is 4.03. The van der Waals surface area contributed by atoms with E-state index in [1.807, 2.05) is 0 Å². The van der Waals surface area contributed by atoms with Crippen molar-refractivity contribution in [3.8, 4) is 17.1 Å². The summed E-state index contributed by atoms with van der Waals surface area (Å²) in [5, 5.41) is 3.96. The Morgan fingerprint density at radius 3 is 2.41 bits per heavy atom. The number of fused-ring (bicyclic) bond motifs is 1. The Balaban J connectivity index is 1.57. The molecule has 9 nitrogen and oxygen atoms in total. The van der Waals surface area contributed by atoms with Gasteiger partial charge in [0.1, 0.15) is 23.6 Å². The van der Waals surface area contributed by atoms with E-state index in [9.17, 15) is 44.7 Å². The van der Waals surface area contributed by atoms with Crippen LogP contribution in [0.2, 0.25) is 0 Å². The lowest BCUT2D eigenvalue weighted by atomic mass is 10.1. The van der Waals surface area contributed by atoms with Crippen molar-refractivity contribution >= 4 is 16.6 Å². The Hall–Kier alpha value is -4.57. The number of nitrogens with two attached hydrogens (primary N) is 1. The molecule has 0 saturated carbocycles. The summed E-state index contributed by atoms with van der Waals surface area (Å²) in [5.41, 5.74) is 0.0905. The largest absolute Gasteiger partial charge is 0.488 e. The van der Waals surface area contributed by atoms with E-state index in [1.165, 1.54) is 6.92 Å². The van der Waals surface area contributed by atoms with Crippen LogP contribution in [0.3, 0.4) is 0 Å². The first-order valence-corrected chi connectivity index (χ1v) is 11.6. The maximum atomic E-state index is 15.0. The molecule has 218 valence electrons. The number of nitrogens with one attached hydrogen (secondary N) is 1. The summed E-state index contributed by atoms with van der Waals surface area (Å²) in [6.07, 6.45) is -9.95. The van der Waals surface area contributed by atoms with E-state index >= 15 is 0 Å². The fourth-order valence-electron chi connectivity index (χ4n) is 4.03. The second-order valence-corrected chi connectivity index (χ2v) is 8.84. The molecule has 2 atom stereocenters. The number of nitrogen functional groups attached to an aromatic ring is 1. The highest BCUT2D eigenvalue weighted by molar-refractivity contribution is 5.86. The molecule has 0 aliphatic carbocycles. The maximum Gasteiger partial charge on any atom is 0.425 e. The molecule has 1 aromatic carbocycles. The van der Waals surface area contributed by atoms with Crippen molar-refractivity contribution in [2.24, 2.45) is 0 Å². The third-order valence-corrected chi connectivity index (χ3v) is 5.86. The third kappa shape index (κ3) is 6.12. The Bertz CT molecular complexity index is 1720. The fraction of sp³-hybridized carbons (Fsp3) is 0.292. The van der Waals surface area contributed by atoms with Gasteiger partial charge >= 0.3 is 6.18 Å². The minimum Gasteiger partial charge on any atom is -0.488 e. The van der Waals surface area contributed by atoms with Gasteiger partial charge in [0.2, 0.25) is 0 Å². The molecule has 4 rings (SSSR count). The molecule has 0 unspecified atom stereocenters. The summed E-state index contributed by atoms with van der Waals surface area (Å²) in [7, 11) is 0. The Morgan fingerprint density at radius 1 is 1.07 bits per heavy atom. The van der Waals surface area contributed by atoms with Crippen molar-refractivity contribution in [1.29, 1.82) is 0 Å². The van der Waals surface area contributed by atoms with Crippen molar-refractivity contribution in [2.45, 2.75) is 44.8 Å². The number of aromatic amines is 1. The number of anilines is 1. The third-order valence-electron chi connectivity index (χ3n) is 5.86. The maximum absolute atomic E-state index is 15.0. The molecule has 0 aliphatic rings. The molecule has 0 saturated heterocycles. The lowest BCUT2D eigenvalue weighted by Crippen LogP contribution is -2.29. The van der Waals surface area contributed by atoms with Crippen LogP contribution in [-0.4, -0.2) is 37.0 Å². The summed E-state index contributed by atoms with van der Waals surface area (Å²) in [4.78, 5) is 31.7. The van der Waals surface area contributed by atoms with Gasteiger partial charge in [-0.1, -0.05) is 0 Å². The Morgan fingerprint density at radius 2 is 1.78 bits per heavy atom. The summed E-state index contributed by atoms with van der Waals surface area (Å²) < 4.78 is 116. The molecule has 3 aromatic heterocycles. The van der Waals surface area contributed by atoms with Crippen LogP contribution in [0.4, 0.5) is 40.9 Å². The molecule has 4 aromatic rings. The minimum atomic E-state index is -5.08. The summed E-state index contributed by atoms with van der Waals surface area (Å²) in [5.74, 6) is -4.22. The first-order valence-electron chi connectivity index (χ1n) is 11.6. The number of benzene rings is 1.